The van der Waals surface area contributed by atoms with Crippen molar-refractivity contribution in [2.75, 3.05) is 24.3 Å². The maximum atomic E-state index is 12.8. The van der Waals surface area contributed by atoms with E-state index in [4.69, 9.17) is 4.74 Å². The van der Waals surface area contributed by atoms with Gasteiger partial charge in [-0.1, -0.05) is 56.4 Å². The molecule has 2 amide bonds. The number of fused-ring (bicyclic) bond motifs is 1. The van der Waals surface area contributed by atoms with E-state index in [1.807, 2.05) is 68.4 Å². The maximum absolute atomic E-state index is 12.8. The van der Waals surface area contributed by atoms with Gasteiger partial charge in [0.25, 0.3) is 0 Å². The van der Waals surface area contributed by atoms with Crippen LogP contribution in [0.2, 0.25) is 0 Å². The molecule has 0 aliphatic heterocycles. The van der Waals surface area contributed by atoms with Gasteiger partial charge in [-0.25, -0.2) is 9.78 Å². The standard InChI is InChI=1S/C27H33N5O2/c1-17-15-25(31-26(28-17)32(2)3)34-24-14-13-22(19-11-7-8-12-20(19)24)29-27(33)30-23-16-21(23)18-9-5-4-6-10-18/h7-8,11-15,18,21,23H,4-6,9-10,16H2,1-3H3,(H2,29,30,33). The van der Waals surface area contributed by atoms with E-state index < -0.39 is 0 Å². The molecule has 3 aromatic rings. The number of benzene rings is 2. The smallest absolute Gasteiger partial charge is 0.319 e. The Morgan fingerprint density at radius 1 is 1.03 bits per heavy atom. The fourth-order valence-electron chi connectivity index (χ4n) is 5.15. The molecule has 178 valence electrons. The Hall–Kier alpha value is -3.35. The molecule has 2 N–H and O–H groups in total. The lowest BCUT2D eigenvalue weighted by atomic mass is 9.85. The van der Waals surface area contributed by atoms with Gasteiger partial charge in [-0.15, -0.1) is 0 Å². The first-order chi connectivity index (χ1) is 16.5. The minimum Gasteiger partial charge on any atom is -0.438 e. The molecule has 0 radical (unpaired) electrons. The first-order valence-corrected chi connectivity index (χ1v) is 12.3. The van der Waals surface area contributed by atoms with Crippen molar-refractivity contribution in [2.45, 2.75) is 51.5 Å². The molecule has 2 fully saturated rings. The summed E-state index contributed by atoms with van der Waals surface area (Å²) < 4.78 is 6.17. The number of hydrogen-bond donors (Lipinski definition) is 2. The molecule has 2 atom stereocenters. The number of rotatable bonds is 6. The van der Waals surface area contributed by atoms with Crippen LogP contribution in [0.3, 0.4) is 0 Å². The van der Waals surface area contributed by atoms with Gasteiger partial charge in [-0.05, 0) is 37.3 Å². The third-order valence-corrected chi connectivity index (χ3v) is 6.98. The van der Waals surface area contributed by atoms with E-state index in [9.17, 15) is 4.79 Å². The number of carbonyl (C=O) groups excluding carboxylic acids is 1. The minimum atomic E-state index is -0.135. The number of nitrogens with one attached hydrogen (secondary N) is 2. The van der Waals surface area contributed by atoms with E-state index in [-0.39, 0.29) is 6.03 Å². The van der Waals surface area contributed by atoms with Crippen LogP contribution in [-0.2, 0) is 0 Å². The number of urea groups is 1. The molecule has 5 rings (SSSR count). The summed E-state index contributed by atoms with van der Waals surface area (Å²) in [6.45, 7) is 1.92. The van der Waals surface area contributed by atoms with E-state index in [0.717, 1.165) is 34.5 Å². The van der Waals surface area contributed by atoms with Crippen molar-refractivity contribution < 1.29 is 9.53 Å². The molecular weight excluding hydrogens is 426 g/mol. The van der Waals surface area contributed by atoms with Gasteiger partial charge < -0.3 is 20.3 Å². The summed E-state index contributed by atoms with van der Waals surface area (Å²) in [5.41, 5.74) is 1.60. The van der Waals surface area contributed by atoms with E-state index in [0.29, 0.717) is 29.5 Å². The number of aromatic nitrogens is 2. The second-order valence-electron chi connectivity index (χ2n) is 9.80. The van der Waals surface area contributed by atoms with Gasteiger partial charge in [-0.3, -0.25) is 0 Å². The van der Waals surface area contributed by atoms with Gasteiger partial charge in [0.15, 0.2) is 0 Å². The molecule has 1 heterocycles. The van der Waals surface area contributed by atoms with E-state index in [1.54, 1.807) is 0 Å². The number of aryl methyl sites for hydroxylation is 1. The number of ether oxygens (including phenoxy) is 1. The van der Waals surface area contributed by atoms with Crippen molar-refractivity contribution in [3.8, 4) is 11.6 Å². The summed E-state index contributed by atoms with van der Waals surface area (Å²) in [5, 5.41) is 8.09. The van der Waals surface area contributed by atoms with Gasteiger partial charge in [0.2, 0.25) is 11.8 Å². The summed E-state index contributed by atoms with van der Waals surface area (Å²) in [7, 11) is 3.80. The van der Waals surface area contributed by atoms with E-state index in [1.165, 1.54) is 32.1 Å². The molecule has 2 unspecified atom stereocenters. The SMILES string of the molecule is Cc1cc(Oc2ccc(NC(=O)NC3CC3C3CCCCC3)c3ccccc23)nc(N(C)C)n1. The van der Waals surface area contributed by atoms with Crippen LogP contribution in [0.25, 0.3) is 10.8 Å². The quantitative estimate of drug-likeness (QED) is 0.481. The number of carbonyl (C=O) groups is 1. The highest BCUT2D eigenvalue weighted by Gasteiger charge is 2.43. The normalized spacial score (nSPS) is 20.1. The monoisotopic (exact) mass is 459 g/mol. The van der Waals surface area contributed by atoms with Crippen LogP contribution in [0, 0.1) is 18.8 Å². The maximum Gasteiger partial charge on any atom is 0.319 e. The largest absolute Gasteiger partial charge is 0.438 e. The number of hydrogen-bond acceptors (Lipinski definition) is 5. The van der Waals surface area contributed by atoms with Gasteiger partial charge in [0, 0.05) is 42.7 Å². The Kier molecular flexibility index (Phi) is 6.26. The molecule has 0 saturated heterocycles. The minimum absolute atomic E-state index is 0.135. The van der Waals surface area contributed by atoms with Crippen molar-refractivity contribution in [2.24, 2.45) is 11.8 Å². The zero-order valence-corrected chi connectivity index (χ0v) is 20.2. The lowest BCUT2D eigenvalue weighted by Gasteiger charge is -2.21. The van der Waals surface area contributed by atoms with Gasteiger partial charge in [0.05, 0.1) is 5.69 Å². The Bertz CT molecular complexity index is 1190. The first-order valence-electron chi connectivity index (χ1n) is 12.3. The zero-order valence-electron chi connectivity index (χ0n) is 20.2. The van der Waals surface area contributed by atoms with Crippen molar-refractivity contribution >= 4 is 28.4 Å². The fraction of sp³-hybridized carbons (Fsp3) is 0.444. The predicted octanol–water partition coefficient (Wildman–Crippen LogP) is 5.89. The zero-order chi connectivity index (χ0) is 23.7. The van der Waals surface area contributed by atoms with Crippen LogP contribution in [0.5, 0.6) is 11.6 Å². The summed E-state index contributed by atoms with van der Waals surface area (Å²) in [4.78, 5) is 23.6. The van der Waals surface area contributed by atoms with Crippen molar-refractivity contribution in [3.63, 3.8) is 0 Å². The van der Waals surface area contributed by atoms with Crippen LogP contribution >= 0.6 is 0 Å². The summed E-state index contributed by atoms with van der Waals surface area (Å²) in [6, 6.07) is 13.7. The van der Waals surface area contributed by atoms with Crippen molar-refractivity contribution in [3.05, 3.63) is 48.2 Å². The van der Waals surface area contributed by atoms with Crippen LogP contribution in [0.1, 0.15) is 44.2 Å². The Balaban J connectivity index is 1.30. The molecule has 7 nitrogen and oxygen atoms in total. The fourth-order valence-corrected chi connectivity index (χ4v) is 5.15. The predicted molar refractivity (Wildman–Crippen MR) is 136 cm³/mol. The molecule has 2 aliphatic carbocycles. The van der Waals surface area contributed by atoms with Crippen LogP contribution < -0.4 is 20.3 Å². The Morgan fingerprint density at radius 3 is 2.56 bits per heavy atom. The average molecular weight is 460 g/mol. The van der Waals surface area contributed by atoms with Gasteiger partial charge in [-0.2, -0.15) is 4.98 Å². The van der Waals surface area contributed by atoms with Crippen LogP contribution in [0.15, 0.2) is 42.5 Å². The van der Waals surface area contributed by atoms with Crippen LogP contribution in [0.4, 0.5) is 16.4 Å². The highest BCUT2D eigenvalue weighted by atomic mass is 16.5. The molecule has 34 heavy (non-hydrogen) atoms. The summed E-state index contributed by atoms with van der Waals surface area (Å²) >= 11 is 0. The lowest BCUT2D eigenvalue weighted by Crippen LogP contribution is -2.32. The second kappa shape index (κ2) is 9.49. The number of amides is 2. The van der Waals surface area contributed by atoms with Crippen LogP contribution in [-0.4, -0.2) is 36.1 Å². The lowest BCUT2D eigenvalue weighted by molar-refractivity contribution is 0.249. The third kappa shape index (κ3) is 4.93. The topological polar surface area (TPSA) is 79.4 Å². The summed E-state index contributed by atoms with van der Waals surface area (Å²) in [6.07, 6.45) is 7.79. The third-order valence-electron chi connectivity index (χ3n) is 6.98. The highest BCUT2D eigenvalue weighted by molar-refractivity contribution is 6.04. The number of nitrogens with zero attached hydrogens (tertiary/aromatic N) is 3. The van der Waals surface area contributed by atoms with E-state index >= 15 is 0 Å². The van der Waals surface area contributed by atoms with Crippen molar-refractivity contribution in [1.82, 2.24) is 15.3 Å². The molecule has 0 spiro atoms. The Morgan fingerprint density at radius 2 is 1.79 bits per heavy atom. The molecular formula is C27H33N5O2. The molecule has 0 bridgehead atoms. The molecule has 1 aromatic heterocycles. The summed E-state index contributed by atoms with van der Waals surface area (Å²) in [5.74, 6) is 3.21. The highest BCUT2D eigenvalue weighted by Crippen LogP contribution is 2.44. The van der Waals surface area contributed by atoms with Gasteiger partial charge in [0.1, 0.15) is 5.75 Å². The second-order valence-corrected chi connectivity index (χ2v) is 9.80. The van der Waals surface area contributed by atoms with Crippen molar-refractivity contribution in [1.29, 1.82) is 0 Å². The van der Waals surface area contributed by atoms with Gasteiger partial charge >= 0.3 is 6.03 Å². The van der Waals surface area contributed by atoms with E-state index in [2.05, 4.69) is 20.6 Å². The number of anilines is 2. The molecule has 7 heteroatoms. The molecule has 2 saturated carbocycles. The average Bonchev–Trinajstić information content (AvgIpc) is 3.60. The molecule has 2 aromatic carbocycles. The Labute approximate surface area is 200 Å². The molecule has 2 aliphatic rings. The first kappa shape index (κ1) is 22.4.